The quantitative estimate of drug-likeness (QED) is 0.442. The summed E-state index contributed by atoms with van der Waals surface area (Å²) in [6, 6.07) is 13.6. The molecule has 0 saturated carbocycles. The van der Waals surface area contributed by atoms with Gasteiger partial charge in [-0.15, -0.1) is 0 Å². The van der Waals surface area contributed by atoms with Gasteiger partial charge in [-0.25, -0.2) is 0 Å². The predicted molar refractivity (Wildman–Crippen MR) is 111 cm³/mol. The zero-order valence-corrected chi connectivity index (χ0v) is 17.0. The maximum absolute atomic E-state index is 12.7. The van der Waals surface area contributed by atoms with Gasteiger partial charge in [0.05, 0.1) is 23.9 Å². The van der Waals surface area contributed by atoms with Gasteiger partial charge in [0.1, 0.15) is 5.76 Å². The van der Waals surface area contributed by atoms with E-state index in [0.717, 1.165) is 14.0 Å². The number of hydrogen-bond donors (Lipinski definition) is 1. The van der Waals surface area contributed by atoms with Crippen molar-refractivity contribution in [2.24, 2.45) is 0 Å². The van der Waals surface area contributed by atoms with E-state index in [1.54, 1.807) is 18.2 Å². The van der Waals surface area contributed by atoms with E-state index in [-0.39, 0.29) is 18.0 Å². The summed E-state index contributed by atoms with van der Waals surface area (Å²) in [7, 11) is 0. The monoisotopic (exact) mass is 486 g/mol. The fraction of sp³-hybridized carbons (Fsp3) is 0.0952. The lowest BCUT2D eigenvalue weighted by Crippen LogP contribution is -2.28. The zero-order valence-electron chi connectivity index (χ0n) is 14.9. The van der Waals surface area contributed by atoms with Crippen LogP contribution in [-0.2, 0) is 6.54 Å². The third-order valence-electron chi connectivity index (χ3n) is 4.56. The molecule has 0 aliphatic carbocycles. The Bertz CT molecular complexity index is 1110. The largest absolute Gasteiger partial charge is 0.467 e. The molecule has 0 spiro atoms. The maximum Gasteiger partial charge on any atom is 0.261 e. The zero-order chi connectivity index (χ0) is 19.8. The van der Waals surface area contributed by atoms with Crippen molar-refractivity contribution >= 4 is 46.0 Å². The molecule has 0 bridgehead atoms. The average Bonchev–Trinajstić information content (AvgIpc) is 3.27. The molecular weight excluding hydrogens is 471 g/mol. The van der Waals surface area contributed by atoms with Gasteiger partial charge in [-0.1, -0.05) is 0 Å². The summed E-state index contributed by atoms with van der Waals surface area (Å²) in [6.07, 6.45) is 1.49. The van der Waals surface area contributed by atoms with Crippen molar-refractivity contribution in [1.82, 2.24) is 4.90 Å². The summed E-state index contributed by atoms with van der Waals surface area (Å²) in [5.74, 6) is -0.646. The van der Waals surface area contributed by atoms with Gasteiger partial charge in [0.2, 0.25) is 0 Å². The highest BCUT2D eigenvalue weighted by Crippen LogP contribution is 2.26. The van der Waals surface area contributed by atoms with E-state index in [4.69, 9.17) is 4.42 Å². The van der Waals surface area contributed by atoms with Crippen LogP contribution >= 0.6 is 22.6 Å². The number of fused-ring (bicyclic) bond motifs is 1. The Morgan fingerprint density at radius 3 is 2.57 bits per heavy atom. The molecule has 1 N–H and O–H groups in total. The van der Waals surface area contributed by atoms with E-state index in [1.165, 1.54) is 18.4 Å². The smallest absolute Gasteiger partial charge is 0.261 e. The first-order valence-electron chi connectivity index (χ1n) is 8.54. The molecule has 1 aliphatic rings. The summed E-state index contributed by atoms with van der Waals surface area (Å²) < 4.78 is 6.30. The van der Waals surface area contributed by atoms with E-state index in [0.29, 0.717) is 22.6 Å². The highest BCUT2D eigenvalue weighted by Gasteiger charge is 2.36. The lowest BCUT2D eigenvalue weighted by Gasteiger charge is -2.11. The van der Waals surface area contributed by atoms with Crippen molar-refractivity contribution in [3.8, 4) is 0 Å². The minimum atomic E-state index is -0.434. The fourth-order valence-corrected chi connectivity index (χ4v) is 3.74. The van der Waals surface area contributed by atoms with Gasteiger partial charge in [0, 0.05) is 14.8 Å². The normalized spacial score (nSPS) is 13.0. The van der Waals surface area contributed by atoms with Crippen LogP contribution in [0.3, 0.4) is 0 Å². The summed E-state index contributed by atoms with van der Waals surface area (Å²) in [6.45, 7) is 1.97. The molecule has 2 heterocycles. The molecule has 28 heavy (non-hydrogen) atoms. The first-order chi connectivity index (χ1) is 13.4. The van der Waals surface area contributed by atoms with Crippen molar-refractivity contribution in [2.45, 2.75) is 13.5 Å². The molecular formula is C21H15IN2O4. The van der Waals surface area contributed by atoms with Gasteiger partial charge >= 0.3 is 0 Å². The van der Waals surface area contributed by atoms with Gasteiger partial charge in [0.25, 0.3) is 17.7 Å². The van der Waals surface area contributed by atoms with E-state index in [1.807, 2.05) is 25.1 Å². The van der Waals surface area contributed by atoms with Crippen LogP contribution in [0.1, 0.15) is 42.4 Å². The molecule has 3 amide bonds. The van der Waals surface area contributed by atoms with Crippen LogP contribution in [0.15, 0.2) is 59.2 Å². The molecule has 4 rings (SSSR count). The number of imide groups is 1. The average molecular weight is 486 g/mol. The van der Waals surface area contributed by atoms with Crippen molar-refractivity contribution < 1.29 is 18.8 Å². The molecule has 0 fully saturated rings. The third-order valence-corrected chi connectivity index (χ3v) is 5.23. The fourth-order valence-electron chi connectivity index (χ4n) is 3.10. The van der Waals surface area contributed by atoms with Crippen LogP contribution in [0.5, 0.6) is 0 Å². The van der Waals surface area contributed by atoms with Crippen LogP contribution in [0.4, 0.5) is 5.69 Å². The van der Waals surface area contributed by atoms with Gasteiger partial charge in [0.15, 0.2) is 0 Å². The molecule has 0 atom stereocenters. The van der Waals surface area contributed by atoms with E-state index >= 15 is 0 Å². The van der Waals surface area contributed by atoms with Crippen molar-refractivity contribution in [3.63, 3.8) is 0 Å². The van der Waals surface area contributed by atoms with Crippen LogP contribution in [0.2, 0.25) is 0 Å². The van der Waals surface area contributed by atoms with E-state index in [9.17, 15) is 14.4 Å². The molecule has 3 aromatic rings. The number of furan rings is 1. The Morgan fingerprint density at radius 1 is 1.07 bits per heavy atom. The molecule has 0 saturated heterocycles. The first-order valence-corrected chi connectivity index (χ1v) is 9.62. The minimum Gasteiger partial charge on any atom is -0.467 e. The van der Waals surface area contributed by atoms with Gasteiger partial charge in [-0.2, -0.15) is 0 Å². The van der Waals surface area contributed by atoms with Crippen LogP contribution in [0, 0.1) is 10.5 Å². The number of hydrogen-bond acceptors (Lipinski definition) is 4. The Morgan fingerprint density at radius 2 is 1.86 bits per heavy atom. The second-order valence-corrected chi connectivity index (χ2v) is 7.70. The first kappa shape index (κ1) is 18.4. The Hall–Kier alpha value is -2.94. The lowest BCUT2D eigenvalue weighted by molar-refractivity contribution is 0.0631. The minimum absolute atomic E-state index is 0.0583. The number of anilines is 1. The van der Waals surface area contributed by atoms with Crippen LogP contribution < -0.4 is 5.32 Å². The van der Waals surface area contributed by atoms with Gasteiger partial charge in [-0.05, 0) is 83.6 Å². The van der Waals surface area contributed by atoms with Gasteiger partial charge < -0.3 is 9.73 Å². The topological polar surface area (TPSA) is 79.6 Å². The van der Waals surface area contributed by atoms with Crippen molar-refractivity contribution in [1.29, 1.82) is 0 Å². The molecule has 140 valence electrons. The number of nitrogens with one attached hydrogen (secondary N) is 1. The Kier molecular flexibility index (Phi) is 4.76. The number of amides is 3. The Labute approximate surface area is 174 Å². The number of benzene rings is 2. The van der Waals surface area contributed by atoms with Crippen molar-refractivity contribution in [2.75, 3.05) is 5.32 Å². The molecule has 7 heteroatoms. The predicted octanol–water partition coefficient (Wildman–Crippen LogP) is 4.24. The summed E-state index contributed by atoms with van der Waals surface area (Å²) in [5, 5.41) is 2.85. The number of aryl methyl sites for hydroxylation is 1. The number of carbonyl (C=O) groups excluding carboxylic acids is 3. The highest BCUT2D eigenvalue weighted by molar-refractivity contribution is 14.1. The van der Waals surface area contributed by atoms with Crippen LogP contribution in [-0.4, -0.2) is 22.6 Å². The third kappa shape index (κ3) is 3.33. The lowest BCUT2D eigenvalue weighted by atomic mass is 10.0. The van der Waals surface area contributed by atoms with E-state index in [2.05, 4.69) is 27.9 Å². The SMILES string of the molecule is Cc1cc(I)ccc1NC(=O)c1ccc2c(c1)C(=O)N(Cc1ccco1)C2=O. The second-order valence-electron chi connectivity index (χ2n) is 6.45. The maximum atomic E-state index is 12.7. The highest BCUT2D eigenvalue weighted by atomic mass is 127. The molecule has 1 aromatic heterocycles. The van der Waals surface area contributed by atoms with Crippen LogP contribution in [0.25, 0.3) is 0 Å². The standard InChI is InChI=1S/C21H15IN2O4/c1-12-9-14(22)5-7-18(12)23-19(25)13-4-6-16-17(10-13)21(27)24(20(16)26)11-15-3-2-8-28-15/h2-10H,11H2,1H3,(H,23,25). The molecule has 6 nitrogen and oxygen atoms in total. The molecule has 0 unspecified atom stereocenters. The second kappa shape index (κ2) is 7.23. The number of nitrogens with zero attached hydrogens (tertiary/aromatic N) is 1. The van der Waals surface area contributed by atoms with Gasteiger partial charge in [-0.3, -0.25) is 19.3 Å². The number of halogens is 1. The molecule has 1 aliphatic heterocycles. The number of carbonyl (C=O) groups is 3. The van der Waals surface area contributed by atoms with E-state index < -0.39 is 11.8 Å². The number of rotatable bonds is 4. The molecule has 2 aromatic carbocycles. The summed E-state index contributed by atoms with van der Waals surface area (Å²) >= 11 is 2.21. The summed E-state index contributed by atoms with van der Waals surface area (Å²) in [4.78, 5) is 39.0. The summed E-state index contributed by atoms with van der Waals surface area (Å²) in [5.41, 5.74) is 2.48. The Balaban J connectivity index is 1.58. The molecule has 0 radical (unpaired) electrons. The van der Waals surface area contributed by atoms with Crippen molar-refractivity contribution in [3.05, 3.63) is 86.4 Å².